The summed E-state index contributed by atoms with van der Waals surface area (Å²) in [7, 11) is 0. The van der Waals surface area contributed by atoms with Crippen LogP contribution in [0.2, 0.25) is 0 Å². The van der Waals surface area contributed by atoms with Gasteiger partial charge in [-0.1, -0.05) is 0 Å². The van der Waals surface area contributed by atoms with Crippen LogP contribution in [0, 0.1) is 11.8 Å². The van der Waals surface area contributed by atoms with Gasteiger partial charge in [0.2, 0.25) is 5.88 Å². The van der Waals surface area contributed by atoms with Gasteiger partial charge in [0.25, 0.3) is 5.92 Å². The van der Waals surface area contributed by atoms with Crippen LogP contribution >= 0.6 is 0 Å². The standard InChI is InChI=1S/C15H17F4N3O2/c16-13(17)24-12-5-8(3-4-20-12)7-21-14(23)22-9-1-2-10-11(6-9)15(10,18)19/h3-5,9-11,13H,1-2,6-7H2,(H2,21,22,23). The maximum Gasteiger partial charge on any atom is 0.388 e. The van der Waals surface area contributed by atoms with Crippen LogP contribution in [0.5, 0.6) is 5.88 Å². The summed E-state index contributed by atoms with van der Waals surface area (Å²) in [5, 5.41) is 5.25. The number of hydrogen-bond acceptors (Lipinski definition) is 3. The number of alkyl halides is 4. The molecule has 0 aliphatic heterocycles. The SMILES string of the molecule is O=C(NCc1ccnc(OC(F)F)c1)NC1CCC2C(C1)C2(F)F. The molecule has 0 radical (unpaired) electrons. The highest BCUT2D eigenvalue weighted by Gasteiger charge is 2.68. The zero-order valence-electron chi connectivity index (χ0n) is 12.6. The highest BCUT2D eigenvalue weighted by Crippen LogP contribution is 2.62. The van der Waals surface area contributed by atoms with E-state index in [9.17, 15) is 22.4 Å². The molecule has 9 heteroatoms. The van der Waals surface area contributed by atoms with E-state index in [0.29, 0.717) is 18.4 Å². The molecule has 0 spiro atoms. The van der Waals surface area contributed by atoms with Gasteiger partial charge < -0.3 is 15.4 Å². The van der Waals surface area contributed by atoms with Crippen molar-refractivity contribution in [3.05, 3.63) is 23.9 Å². The molecule has 0 bridgehead atoms. The van der Waals surface area contributed by atoms with Gasteiger partial charge in [0.1, 0.15) is 0 Å². The third-order valence-corrected chi connectivity index (χ3v) is 4.53. The Balaban J connectivity index is 1.44. The van der Waals surface area contributed by atoms with Gasteiger partial charge in [0.05, 0.1) is 0 Å². The zero-order valence-corrected chi connectivity index (χ0v) is 12.6. The van der Waals surface area contributed by atoms with E-state index in [4.69, 9.17) is 0 Å². The average molecular weight is 347 g/mol. The Morgan fingerprint density at radius 3 is 2.88 bits per heavy atom. The Hall–Kier alpha value is -2.06. The number of hydrogen-bond donors (Lipinski definition) is 2. The van der Waals surface area contributed by atoms with Crippen LogP contribution in [0.3, 0.4) is 0 Å². The van der Waals surface area contributed by atoms with E-state index < -0.39 is 30.4 Å². The van der Waals surface area contributed by atoms with Gasteiger partial charge in [-0.3, -0.25) is 0 Å². The van der Waals surface area contributed by atoms with Crippen LogP contribution in [-0.4, -0.2) is 29.6 Å². The van der Waals surface area contributed by atoms with Gasteiger partial charge in [-0.05, 0) is 30.9 Å². The van der Waals surface area contributed by atoms with Crippen molar-refractivity contribution < 1.29 is 27.1 Å². The molecule has 2 fully saturated rings. The first-order valence-corrected chi connectivity index (χ1v) is 7.68. The summed E-state index contributed by atoms with van der Waals surface area (Å²) in [4.78, 5) is 15.5. The van der Waals surface area contributed by atoms with Gasteiger partial charge in [-0.15, -0.1) is 0 Å². The second kappa shape index (κ2) is 6.45. The van der Waals surface area contributed by atoms with Crippen molar-refractivity contribution in [1.29, 1.82) is 0 Å². The van der Waals surface area contributed by atoms with Crippen molar-refractivity contribution in [2.75, 3.05) is 0 Å². The number of ether oxygens (including phenoxy) is 1. The van der Waals surface area contributed by atoms with Crippen molar-refractivity contribution in [3.8, 4) is 5.88 Å². The van der Waals surface area contributed by atoms with Gasteiger partial charge >= 0.3 is 12.6 Å². The van der Waals surface area contributed by atoms with Gasteiger partial charge in [-0.25, -0.2) is 18.6 Å². The van der Waals surface area contributed by atoms with Gasteiger partial charge in [-0.2, -0.15) is 8.78 Å². The lowest BCUT2D eigenvalue weighted by Crippen LogP contribution is -2.43. The van der Waals surface area contributed by atoms with Crippen molar-refractivity contribution in [3.63, 3.8) is 0 Å². The van der Waals surface area contributed by atoms with E-state index in [2.05, 4.69) is 20.4 Å². The topological polar surface area (TPSA) is 63.2 Å². The van der Waals surface area contributed by atoms with Crippen LogP contribution in [0.4, 0.5) is 22.4 Å². The molecule has 0 saturated heterocycles. The summed E-state index contributed by atoms with van der Waals surface area (Å²) in [6.45, 7) is -2.89. The monoisotopic (exact) mass is 347 g/mol. The molecule has 2 N–H and O–H groups in total. The molecule has 3 atom stereocenters. The highest BCUT2D eigenvalue weighted by atomic mass is 19.3. The van der Waals surface area contributed by atoms with Crippen molar-refractivity contribution in [1.82, 2.24) is 15.6 Å². The lowest BCUT2D eigenvalue weighted by molar-refractivity contribution is -0.0529. The van der Waals surface area contributed by atoms with Crippen molar-refractivity contribution in [2.24, 2.45) is 11.8 Å². The lowest BCUT2D eigenvalue weighted by atomic mass is 9.96. The summed E-state index contributed by atoms with van der Waals surface area (Å²) in [6.07, 6.45) is 2.53. The van der Waals surface area contributed by atoms with Crippen molar-refractivity contribution in [2.45, 2.75) is 44.4 Å². The molecule has 24 heavy (non-hydrogen) atoms. The molecule has 1 aromatic rings. The molecule has 1 heterocycles. The summed E-state index contributed by atoms with van der Waals surface area (Å²) in [5.74, 6) is -3.96. The minimum Gasteiger partial charge on any atom is -0.417 e. The normalized spacial score (nSPS) is 27.3. The molecule has 2 aliphatic carbocycles. The first kappa shape index (κ1) is 16.8. The third-order valence-electron chi connectivity index (χ3n) is 4.53. The third kappa shape index (κ3) is 3.70. The summed E-state index contributed by atoms with van der Waals surface area (Å²) >= 11 is 0. The molecular formula is C15H17F4N3O2. The fourth-order valence-electron chi connectivity index (χ4n) is 3.25. The van der Waals surface area contributed by atoms with E-state index in [1.54, 1.807) is 6.07 Å². The van der Waals surface area contributed by atoms with Gasteiger partial charge in [0, 0.05) is 36.7 Å². The average Bonchev–Trinajstić information content (AvgIpc) is 3.06. The Kier molecular flexibility index (Phi) is 4.51. The first-order valence-electron chi connectivity index (χ1n) is 7.68. The van der Waals surface area contributed by atoms with E-state index >= 15 is 0 Å². The number of halogens is 4. The van der Waals surface area contributed by atoms with Crippen LogP contribution in [0.15, 0.2) is 18.3 Å². The van der Waals surface area contributed by atoms with E-state index in [-0.39, 0.29) is 24.9 Å². The number of nitrogens with one attached hydrogen (secondary N) is 2. The number of carbonyl (C=O) groups is 1. The van der Waals surface area contributed by atoms with Crippen molar-refractivity contribution >= 4 is 6.03 Å². The van der Waals surface area contributed by atoms with Crippen LogP contribution in [0.25, 0.3) is 0 Å². The molecule has 132 valence electrons. The second-order valence-electron chi connectivity index (χ2n) is 6.11. The fourth-order valence-corrected chi connectivity index (χ4v) is 3.25. The van der Waals surface area contributed by atoms with E-state index in [1.165, 1.54) is 12.3 Å². The number of pyridine rings is 1. The summed E-state index contributed by atoms with van der Waals surface area (Å²) in [5.41, 5.74) is 0.535. The zero-order chi connectivity index (χ0) is 17.3. The summed E-state index contributed by atoms with van der Waals surface area (Å²) < 4.78 is 55.0. The molecule has 2 saturated carbocycles. The number of urea groups is 1. The number of fused-ring (bicyclic) bond motifs is 1. The van der Waals surface area contributed by atoms with E-state index in [1.807, 2.05) is 0 Å². The Morgan fingerprint density at radius 1 is 1.38 bits per heavy atom. The molecular weight excluding hydrogens is 330 g/mol. The molecule has 3 unspecified atom stereocenters. The van der Waals surface area contributed by atoms with Crippen LogP contribution in [0.1, 0.15) is 24.8 Å². The second-order valence-corrected chi connectivity index (χ2v) is 6.11. The molecule has 2 aliphatic rings. The smallest absolute Gasteiger partial charge is 0.388 e. The first-order chi connectivity index (χ1) is 11.4. The Labute approximate surface area is 135 Å². The number of nitrogens with zero attached hydrogens (tertiary/aromatic N) is 1. The van der Waals surface area contributed by atoms with Crippen LogP contribution in [-0.2, 0) is 6.54 Å². The van der Waals surface area contributed by atoms with Crippen LogP contribution < -0.4 is 15.4 Å². The lowest BCUT2D eigenvalue weighted by Gasteiger charge is -2.21. The van der Waals surface area contributed by atoms with Gasteiger partial charge in [0.15, 0.2) is 0 Å². The number of carbonyl (C=O) groups excluding carboxylic acids is 1. The molecule has 3 rings (SSSR count). The number of rotatable bonds is 5. The van der Waals surface area contributed by atoms with E-state index in [0.717, 1.165) is 0 Å². The Bertz CT molecular complexity index is 614. The predicted molar refractivity (Wildman–Crippen MR) is 75.8 cm³/mol. The minimum atomic E-state index is -2.97. The molecule has 5 nitrogen and oxygen atoms in total. The quantitative estimate of drug-likeness (QED) is 0.805. The number of aromatic nitrogens is 1. The molecule has 2 amide bonds. The minimum absolute atomic E-state index is 0.0862. The maximum atomic E-state index is 13.3. The summed E-state index contributed by atoms with van der Waals surface area (Å²) in [6, 6.07) is 2.10. The molecule has 0 aromatic carbocycles. The number of amides is 2. The maximum absolute atomic E-state index is 13.3. The fraction of sp³-hybridized carbons (Fsp3) is 0.600. The predicted octanol–water partition coefficient (Wildman–Crippen LogP) is 2.92. The largest absolute Gasteiger partial charge is 0.417 e. The molecule has 1 aromatic heterocycles. The Morgan fingerprint density at radius 2 is 2.17 bits per heavy atom. The highest BCUT2D eigenvalue weighted by molar-refractivity contribution is 5.74.